The highest BCUT2D eigenvalue weighted by Crippen LogP contribution is 2.17. The molecule has 0 spiro atoms. The molecule has 0 saturated carbocycles. The van der Waals surface area contributed by atoms with Gasteiger partial charge < -0.3 is 4.42 Å². The lowest BCUT2D eigenvalue weighted by atomic mass is 10.1. The molecule has 0 unspecified atom stereocenters. The van der Waals surface area contributed by atoms with E-state index in [-0.39, 0.29) is 0 Å². The summed E-state index contributed by atoms with van der Waals surface area (Å²) in [5.74, 6) is -0.114. The van der Waals surface area contributed by atoms with E-state index in [1.807, 2.05) is 0 Å². The van der Waals surface area contributed by atoms with Crippen LogP contribution in [0.4, 0.5) is 0 Å². The number of nitrogens with zero attached hydrogens (tertiary/aromatic N) is 1. The van der Waals surface area contributed by atoms with Crippen LogP contribution in [0.2, 0.25) is 0 Å². The normalized spacial score (nSPS) is 11.3. The van der Waals surface area contributed by atoms with E-state index >= 15 is 0 Å². The van der Waals surface area contributed by atoms with Crippen LogP contribution in [0, 0.1) is 5.92 Å². The van der Waals surface area contributed by atoms with Gasteiger partial charge in [-0.25, -0.2) is 9.59 Å². The number of halogens is 1. The fourth-order valence-corrected chi connectivity index (χ4v) is 2.14. The van der Waals surface area contributed by atoms with Crippen LogP contribution in [0.15, 0.2) is 36.7 Å². The maximum absolute atomic E-state index is 11.8. The molecule has 2 aromatic rings. The number of benzene rings is 1. The van der Waals surface area contributed by atoms with Crippen molar-refractivity contribution < 1.29 is 4.42 Å². The molecule has 0 aliphatic rings. The first kappa shape index (κ1) is 13.1. The highest BCUT2D eigenvalue weighted by Gasteiger charge is 2.10. The van der Waals surface area contributed by atoms with E-state index in [1.165, 1.54) is 4.57 Å². The Labute approximate surface area is 112 Å². The van der Waals surface area contributed by atoms with Crippen molar-refractivity contribution in [3.63, 3.8) is 0 Å². The Morgan fingerprint density at radius 3 is 2.72 bits per heavy atom. The zero-order valence-corrected chi connectivity index (χ0v) is 11.9. The zero-order valence-electron chi connectivity index (χ0n) is 10.3. The van der Waals surface area contributed by atoms with Gasteiger partial charge in [-0.15, -0.1) is 0 Å². The summed E-state index contributed by atoms with van der Waals surface area (Å²) < 4.78 is 7.08. The van der Waals surface area contributed by atoms with Crippen LogP contribution in [0.5, 0.6) is 0 Å². The third-order valence-electron chi connectivity index (χ3n) is 2.80. The number of rotatable bonds is 3. The van der Waals surface area contributed by atoms with Crippen molar-refractivity contribution in [2.24, 2.45) is 5.92 Å². The molecule has 0 aliphatic carbocycles. The van der Waals surface area contributed by atoms with Crippen LogP contribution in [0.3, 0.4) is 0 Å². The summed E-state index contributed by atoms with van der Waals surface area (Å²) in [7, 11) is 0. The molecule has 0 fully saturated rings. The SMILES string of the molecule is CC(C)CCn1c(=O)oc(=O)c2ccc(Br)cc21. The van der Waals surface area contributed by atoms with Gasteiger partial charge in [0.15, 0.2) is 0 Å². The molecule has 4 nitrogen and oxygen atoms in total. The van der Waals surface area contributed by atoms with Crippen LogP contribution in [0.25, 0.3) is 10.9 Å². The summed E-state index contributed by atoms with van der Waals surface area (Å²) in [6.45, 7) is 4.72. The van der Waals surface area contributed by atoms with E-state index < -0.39 is 11.4 Å². The van der Waals surface area contributed by atoms with Crippen molar-refractivity contribution >= 4 is 26.8 Å². The minimum atomic E-state index is -0.591. The van der Waals surface area contributed by atoms with Gasteiger partial charge >= 0.3 is 11.4 Å². The van der Waals surface area contributed by atoms with Gasteiger partial charge in [0.1, 0.15) is 0 Å². The Kier molecular flexibility index (Phi) is 3.71. The molecule has 0 bridgehead atoms. The van der Waals surface area contributed by atoms with Gasteiger partial charge in [-0.1, -0.05) is 29.8 Å². The first-order valence-corrected chi connectivity index (χ1v) is 6.61. The van der Waals surface area contributed by atoms with Crippen molar-refractivity contribution in [2.45, 2.75) is 26.8 Å². The molecule has 1 aromatic heterocycles. The summed E-state index contributed by atoms with van der Waals surface area (Å²) in [5.41, 5.74) is 0.0366. The number of hydrogen-bond acceptors (Lipinski definition) is 3. The molecule has 1 aromatic carbocycles. The van der Waals surface area contributed by atoms with Crippen LogP contribution in [-0.4, -0.2) is 4.57 Å². The molecule has 1 heterocycles. The minimum Gasteiger partial charge on any atom is -0.372 e. The van der Waals surface area contributed by atoms with Gasteiger partial charge in [0, 0.05) is 11.0 Å². The molecule has 0 aliphatic heterocycles. The second-order valence-corrected chi connectivity index (χ2v) is 5.57. The van der Waals surface area contributed by atoms with Crippen LogP contribution in [0.1, 0.15) is 20.3 Å². The maximum atomic E-state index is 11.8. The maximum Gasteiger partial charge on any atom is 0.422 e. The van der Waals surface area contributed by atoms with Crippen molar-refractivity contribution in [1.82, 2.24) is 4.57 Å². The molecular formula is C13H14BrNO3. The minimum absolute atomic E-state index is 0.432. The third-order valence-corrected chi connectivity index (χ3v) is 3.29. The van der Waals surface area contributed by atoms with E-state index in [0.717, 1.165) is 10.9 Å². The smallest absolute Gasteiger partial charge is 0.372 e. The second kappa shape index (κ2) is 5.10. The molecular weight excluding hydrogens is 298 g/mol. The van der Waals surface area contributed by atoms with E-state index in [9.17, 15) is 9.59 Å². The third kappa shape index (κ3) is 2.56. The highest BCUT2D eigenvalue weighted by atomic mass is 79.9. The van der Waals surface area contributed by atoms with Gasteiger partial charge in [0.05, 0.1) is 10.9 Å². The van der Waals surface area contributed by atoms with E-state index in [4.69, 9.17) is 4.42 Å². The molecule has 96 valence electrons. The molecule has 5 heteroatoms. The van der Waals surface area contributed by atoms with E-state index in [2.05, 4.69) is 29.8 Å². The van der Waals surface area contributed by atoms with Crippen molar-refractivity contribution in [2.75, 3.05) is 0 Å². The topological polar surface area (TPSA) is 52.2 Å². The Hall–Kier alpha value is -1.36. The number of hydrogen-bond donors (Lipinski definition) is 0. The largest absolute Gasteiger partial charge is 0.422 e. The standard InChI is InChI=1S/C13H14BrNO3/c1-8(2)5-6-15-11-7-9(14)3-4-10(11)12(16)18-13(15)17/h3-4,7-8H,5-6H2,1-2H3. The number of fused-ring (bicyclic) bond motifs is 1. The first-order valence-electron chi connectivity index (χ1n) is 5.82. The Morgan fingerprint density at radius 2 is 2.06 bits per heavy atom. The van der Waals surface area contributed by atoms with Gasteiger partial charge in [0.25, 0.3) is 0 Å². The molecule has 0 amide bonds. The van der Waals surface area contributed by atoms with E-state index in [1.54, 1.807) is 18.2 Å². The summed E-state index contributed by atoms with van der Waals surface area (Å²) in [6.07, 6.45) is 0.856. The second-order valence-electron chi connectivity index (χ2n) is 4.65. The Bertz CT molecular complexity index is 685. The van der Waals surface area contributed by atoms with Crippen molar-refractivity contribution in [1.29, 1.82) is 0 Å². The number of aromatic nitrogens is 1. The fraction of sp³-hybridized carbons (Fsp3) is 0.385. The van der Waals surface area contributed by atoms with Crippen LogP contribution < -0.4 is 11.4 Å². The quantitative estimate of drug-likeness (QED) is 0.875. The van der Waals surface area contributed by atoms with E-state index in [0.29, 0.717) is 23.4 Å². The summed E-state index contributed by atoms with van der Waals surface area (Å²) in [4.78, 5) is 23.4. The first-order chi connectivity index (χ1) is 8.49. The average Bonchev–Trinajstić information content (AvgIpc) is 2.27. The van der Waals surface area contributed by atoms with Gasteiger partial charge in [-0.2, -0.15) is 0 Å². The summed E-state index contributed by atoms with van der Waals surface area (Å²) >= 11 is 3.35. The van der Waals surface area contributed by atoms with Gasteiger partial charge in [0.2, 0.25) is 0 Å². The molecule has 0 atom stereocenters. The molecule has 0 saturated heterocycles. The lowest BCUT2D eigenvalue weighted by Gasteiger charge is -2.10. The molecule has 0 radical (unpaired) electrons. The Morgan fingerprint density at radius 1 is 1.33 bits per heavy atom. The fourth-order valence-electron chi connectivity index (χ4n) is 1.79. The number of aryl methyl sites for hydroxylation is 1. The average molecular weight is 312 g/mol. The predicted octanol–water partition coefficient (Wildman–Crippen LogP) is 2.76. The summed E-state index contributed by atoms with van der Waals surface area (Å²) in [5, 5.41) is 0.432. The lowest BCUT2D eigenvalue weighted by molar-refractivity contribution is 0.399. The van der Waals surface area contributed by atoms with Crippen molar-refractivity contribution in [3.8, 4) is 0 Å². The van der Waals surface area contributed by atoms with Crippen molar-refractivity contribution in [3.05, 3.63) is 43.6 Å². The predicted molar refractivity (Wildman–Crippen MR) is 73.9 cm³/mol. The zero-order chi connectivity index (χ0) is 13.3. The van der Waals surface area contributed by atoms with Gasteiger partial charge in [-0.3, -0.25) is 4.57 Å². The van der Waals surface area contributed by atoms with Crippen LogP contribution >= 0.6 is 15.9 Å². The lowest BCUT2D eigenvalue weighted by Crippen LogP contribution is -2.25. The molecule has 2 rings (SSSR count). The Balaban J connectivity index is 2.67. The van der Waals surface area contributed by atoms with Gasteiger partial charge in [-0.05, 0) is 30.5 Å². The van der Waals surface area contributed by atoms with Crippen LogP contribution in [-0.2, 0) is 6.54 Å². The molecule has 18 heavy (non-hydrogen) atoms. The summed E-state index contributed by atoms with van der Waals surface area (Å²) in [6, 6.07) is 5.20. The highest BCUT2D eigenvalue weighted by molar-refractivity contribution is 9.10. The monoisotopic (exact) mass is 311 g/mol. The molecule has 0 N–H and O–H groups in total.